The van der Waals surface area contributed by atoms with Gasteiger partial charge in [0.15, 0.2) is 0 Å². The van der Waals surface area contributed by atoms with Crippen LogP contribution in [0.25, 0.3) is 10.8 Å². The Morgan fingerprint density at radius 2 is 1.91 bits per heavy atom. The van der Waals surface area contributed by atoms with Gasteiger partial charge >= 0.3 is 0 Å². The molecular weight excluding hydrogens is 310 g/mol. The van der Waals surface area contributed by atoms with E-state index in [0.717, 1.165) is 10.9 Å². The molecule has 0 saturated carbocycles. The SMILES string of the molecule is Cc1nn(C)c(Cl)c1C(=O)NC(C)c1ccc2ccccc2c1. The smallest absolute Gasteiger partial charge is 0.256 e. The number of benzene rings is 2. The van der Waals surface area contributed by atoms with Crippen LogP contribution in [0.4, 0.5) is 0 Å². The van der Waals surface area contributed by atoms with E-state index in [0.29, 0.717) is 16.4 Å². The Labute approximate surface area is 140 Å². The fourth-order valence-corrected chi connectivity index (χ4v) is 2.98. The molecule has 3 rings (SSSR count). The molecule has 0 spiro atoms. The highest BCUT2D eigenvalue weighted by Gasteiger charge is 2.20. The molecule has 118 valence electrons. The molecule has 1 N–H and O–H groups in total. The minimum atomic E-state index is -0.207. The Balaban J connectivity index is 1.85. The van der Waals surface area contributed by atoms with E-state index in [1.54, 1.807) is 14.0 Å². The summed E-state index contributed by atoms with van der Waals surface area (Å²) in [4.78, 5) is 12.5. The third kappa shape index (κ3) is 2.94. The first-order valence-corrected chi connectivity index (χ1v) is 7.84. The van der Waals surface area contributed by atoms with E-state index in [-0.39, 0.29) is 11.9 Å². The first-order chi connectivity index (χ1) is 11.0. The van der Waals surface area contributed by atoms with Gasteiger partial charge in [0.2, 0.25) is 0 Å². The average molecular weight is 328 g/mol. The van der Waals surface area contributed by atoms with E-state index >= 15 is 0 Å². The van der Waals surface area contributed by atoms with E-state index in [9.17, 15) is 4.79 Å². The van der Waals surface area contributed by atoms with Crippen molar-refractivity contribution < 1.29 is 4.79 Å². The van der Waals surface area contributed by atoms with Gasteiger partial charge in [0.05, 0.1) is 17.3 Å². The summed E-state index contributed by atoms with van der Waals surface area (Å²) in [6, 6.07) is 14.2. The van der Waals surface area contributed by atoms with Crippen LogP contribution in [0, 0.1) is 6.92 Å². The molecule has 1 atom stereocenters. The summed E-state index contributed by atoms with van der Waals surface area (Å²) < 4.78 is 1.51. The molecule has 0 aliphatic carbocycles. The zero-order chi connectivity index (χ0) is 16.6. The minimum absolute atomic E-state index is 0.122. The highest BCUT2D eigenvalue weighted by Crippen LogP contribution is 2.22. The number of carbonyl (C=O) groups excluding carboxylic acids is 1. The average Bonchev–Trinajstić information content (AvgIpc) is 2.79. The van der Waals surface area contributed by atoms with Crippen molar-refractivity contribution in [2.45, 2.75) is 19.9 Å². The van der Waals surface area contributed by atoms with Crippen LogP contribution in [0.3, 0.4) is 0 Å². The van der Waals surface area contributed by atoms with Crippen molar-refractivity contribution in [1.29, 1.82) is 0 Å². The lowest BCUT2D eigenvalue weighted by atomic mass is 10.0. The van der Waals surface area contributed by atoms with Gasteiger partial charge in [-0.25, -0.2) is 0 Å². The largest absolute Gasteiger partial charge is 0.345 e. The van der Waals surface area contributed by atoms with Crippen LogP contribution in [0.1, 0.15) is 34.6 Å². The second-order valence-corrected chi connectivity index (χ2v) is 6.03. The molecule has 23 heavy (non-hydrogen) atoms. The van der Waals surface area contributed by atoms with Crippen LogP contribution in [-0.2, 0) is 7.05 Å². The normalized spacial score (nSPS) is 12.3. The van der Waals surface area contributed by atoms with Crippen molar-refractivity contribution in [3.63, 3.8) is 0 Å². The van der Waals surface area contributed by atoms with Gasteiger partial charge in [0.25, 0.3) is 5.91 Å². The van der Waals surface area contributed by atoms with E-state index in [1.165, 1.54) is 10.1 Å². The fourth-order valence-electron chi connectivity index (χ4n) is 2.72. The fraction of sp³-hybridized carbons (Fsp3) is 0.222. The first kappa shape index (κ1) is 15.6. The molecule has 0 aliphatic rings. The number of halogens is 1. The molecule has 0 saturated heterocycles. The Kier molecular flexibility index (Phi) is 4.09. The number of aryl methyl sites for hydroxylation is 2. The highest BCUT2D eigenvalue weighted by molar-refractivity contribution is 6.33. The number of rotatable bonds is 3. The number of hydrogen-bond donors (Lipinski definition) is 1. The number of aromatic nitrogens is 2. The monoisotopic (exact) mass is 327 g/mol. The zero-order valence-electron chi connectivity index (χ0n) is 13.3. The van der Waals surface area contributed by atoms with Crippen LogP contribution in [-0.4, -0.2) is 15.7 Å². The van der Waals surface area contributed by atoms with Gasteiger partial charge in [-0.1, -0.05) is 48.0 Å². The lowest BCUT2D eigenvalue weighted by Crippen LogP contribution is -2.27. The highest BCUT2D eigenvalue weighted by atomic mass is 35.5. The molecule has 1 amide bonds. The number of fused-ring (bicyclic) bond motifs is 1. The summed E-state index contributed by atoms with van der Waals surface area (Å²) in [6.07, 6.45) is 0. The molecule has 0 bridgehead atoms. The Bertz CT molecular complexity index is 885. The summed E-state index contributed by atoms with van der Waals surface area (Å²) in [7, 11) is 1.72. The maximum Gasteiger partial charge on any atom is 0.256 e. The van der Waals surface area contributed by atoms with E-state index in [2.05, 4.69) is 34.7 Å². The lowest BCUT2D eigenvalue weighted by molar-refractivity contribution is 0.0939. The molecule has 4 nitrogen and oxygen atoms in total. The molecule has 1 heterocycles. The number of amides is 1. The maximum absolute atomic E-state index is 12.5. The molecule has 1 unspecified atom stereocenters. The molecule has 3 aromatic rings. The standard InChI is InChI=1S/C18H18ClN3O/c1-11(14-9-8-13-6-4-5-7-15(13)10-14)20-18(23)16-12(2)21-22(3)17(16)19/h4-11H,1-3H3,(H,20,23). The van der Waals surface area contributed by atoms with Crippen molar-refractivity contribution >= 4 is 28.3 Å². The molecule has 0 fully saturated rings. The predicted octanol–water partition coefficient (Wildman–Crippen LogP) is 4.03. The van der Waals surface area contributed by atoms with Crippen molar-refractivity contribution in [1.82, 2.24) is 15.1 Å². The molecule has 1 aromatic heterocycles. The number of nitrogens with zero attached hydrogens (tertiary/aromatic N) is 2. The molecular formula is C18H18ClN3O. The van der Waals surface area contributed by atoms with Gasteiger partial charge in [0, 0.05) is 7.05 Å². The minimum Gasteiger partial charge on any atom is -0.345 e. The van der Waals surface area contributed by atoms with Crippen LogP contribution in [0.2, 0.25) is 5.15 Å². The summed E-state index contributed by atoms with van der Waals surface area (Å²) in [5.41, 5.74) is 2.11. The predicted molar refractivity (Wildman–Crippen MR) is 92.8 cm³/mol. The second-order valence-electron chi connectivity index (χ2n) is 5.68. The van der Waals surface area contributed by atoms with E-state index in [4.69, 9.17) is 11.6 Å². The van der Waals surface area contributed by atoms with Gasteiger partial charge in [-0.15, -0.1) is 0 Å². The lowest BCUT2D eigenvalue weighted by Gasteiger charge is -2.15. The Morgan fingerprint density at radius 1 is 1.22 bits per heavy atom. The van der Waals surface area contributed by atoms with Crippen molar-refractivity contribution in [3.8, 4) is 0 Å². The van der Waals surface area contributed by atoms with Crippen molar-refractivity contribution in [2.75, 3.05) is 0 Å². The quantitative estimate of drug-likeness (QED) is 0.789. The van der Waals surface area contributed by atoms with Crippen LogP contribution in [0.5, 0.6) is 0 Å². The van der Waals surface area contributed by atoms with Gasteiger partial charge in [0.1, 0.15) is 5.15 Å². The number of carbonyl (C=O) groups is 1. The number of hydrogen-bond acceptors (Lipinski definition) is 2. The molecule has 0 aliphatic heterocycles. The summed E-state index contributed by atoms with van der Waals surface area (Å²) in [6.45, 7) is 3.74. The van der Waals surface area contributed by atoms with Crippen LogP contribution in [0.15, 0.2) is 42.5 Å². The van der Waals surface area contributed by atoms with Gasteiger partial charge in [-0.2, -0.15) is 5.10 Å². The zero-order valence-corrected chi connectivity index (χ0v) is 14.1. The topological polar surface area (TPSA) is 46.9 Å². The third-order valence-electron chi connectivity index (χ3n) is 4.00. The molecule has 0 radical (unpaired) electrons. The first-order valence-electron chi connectivity index (χ1n) is 7.46. The van der Waals surface area contributed by atoms with Crippen LogP contribution < -0.4 is 5.32 Å². The second kappa shape index (κ2) is 6.05. The van der Waals surface area contributed by atoms with E-state index < -0.39 is 0 Å². The Morgan fingerprint density at radius 3 is 2.57 bits per heavy atom. The molecule has 5 heteroatoms. The van der Waals surface area contributed by atoms with Gasteiger partial charge in [-0.05, 0) is 36.2 Å². The third-order valence-corrected chi connectivity index (χ3v) is 4.43. The summed E-state index contributed by atoms with van der Waals surface area (Å²) in [5.74, 6) is -0.207. The van der Waals surface area contributed by atoms with Crippen molar-refractivity contribution in [3.05, 3.63) is 64.4 Å². The number of nitrogens with one attached hydrogen (secondary N) is 1. The maximum atomic E-state index is 12.5. The summed E-state index contributed by atoms with van der Waals surface area (Å²) >= 11 is 6.16. The Hall–Kier alpha value is -2.33. The van der Waals surface area contributed by atoms with E-state index in [1.807, 2.05) is 25.1 Å². The van der Waals surface area contributed by atoms with Crippen LogP contribution >= 0.6 is 11.6 Å². The van der Waals surface area contributed by atoms with Gasteiger partial charge in [-0.3, -0.25) is 9.48 Å². The van der Waals surface area contributed by atoms with Crippen molar-refractivity contribution in [2.24, 2.45) is 7.05 Å². The van der Waals surface area contributed by atoms with Gasteiger partial charge < -0.3 is 5.32 Å². The molecule has 2 aromatic carbocycles. The summed E-state index contributed by atoms with van der Waals surface area (Å²) in [5, 5.41) is 9.86.